The maximum atomic E-state index is 13.7. The van der Waals surface area contributed by atoms with Gasteiger partial charge in [-0.2, -0.15) is 0 Å². The van der Waals surface area contributed by atoms with Gasteiger partial charge in [-0.05, 0) is 75.2 Å². The van der Waals surface area contributed by atoms with Crippen LogP contribution in [0.1, 0.15) is 24.8 Å². The highest BCUT2D eigenvalue weighted by Crippen LogP contribution is 2.30. The lowest BCUT2D eigenvalue weighted by Gasteiger charge is -2.19. The van der Waals surface area contributed by atoms with E-state index in [9.17, 15) is 8.42 Å². The van der Waals surface area contributed by atoms with Crippen molar-refractivity contribution in [2.75, 3.05) is 38.7 Å². The van der Waals surface area contributed by atoms with Gasteiger partial charge in [0.05, 0.1) is 22.0 Å². The Bertz CT molecular complexity index is 1280. The Balaban J connectivity index is 0.000000917. The molecule has 2 fully saturated rings. The highest BCUT2D eigenvalue weighted by atomic mass is 32.2. The third-order valence-corrected chi connectivity index (χ3v) is 8.62. The summed E-state index contributed by atoms with van der Waals surface area (Å²) >= 11 is 0. The standard InChI is InChI=1S/C24H30N4O3S.CH2O2/c1-26-12-5-7-19(26)14-18-16-28(23-9-4-11-25-24(18)23)32(29,30)22-8-3-6-20(15-22)27-13-10-21(17-27)31-2;2-1-3/h3-4,6,8-9,11,15-16,19,21H,5,7,10,12-14,17H2,1-2H3;1H,(H,2,3)/t19-,21-;/m1./s1. The van der Waals surface area contributed by atoms with Crippen LogP contribution < -0.4 is 4.90 Å². The Morgan fingerprint density at radius 3 is 2.69 bits per heavy atom. The summed E-state index contributed by atoms with van der Waals surface area (Å²) in [5.74, 6) is 0. The van der Waals surface area contributed by atoms with Crippen LogP contribution in [-0.4, -0.2) is 79.8 Å². The van der Waals surface area contributed by atoms with Crippen LogP contribution in [-0.2, 0) is 26.0 Å². The molecule has 2 aliphatic rings. The first-order chi connectivity index (χ1) is 16.9. The first-order valence-electron chi connectivity index (χ1n) is 11.8. The fourth-order valence-corrected chi connectivity index (χ4v) is 6.46. The van der Waals surface area contributed by atoms with Gasteiger partial charge in [-0.3, -0.25) is 9.78 Å². The molecule has 2 aliphatic heterocycles. The van der Waals surface area contributed by atoms with Gasteiger partial charge in [0.15, 0.2) is 0 Å². The number of anilines is 1. The number of benzene rings is 1. The third kappa shape index (κ3) is 5.19. The second kappa shape index (κ2) is 10.8. The van der Waals surface area contributed by atoms with Gasteiger partial charge in [0.25, 0.3) is 16.5 Å². The molecular formula is C25H32N4O5S. The predicted octanol–water partition coefficient (Wildman–Crippen LogP) is 2.84. The molecule has 0 amide bonds. The molecule has 1 N–H and O–H groups in total. The van der Waals surface area contributed by atoms with Crippen molar-refractivity contribution < 1.29 is 23.1 Å². The summed E-state index contributed by atoms with van der Waals surface area (Å²) in [5, 5.41) is 6.89. The van der Waals surface area contributed by atoms with Crippen molar-refractivity contribution in [3.8, 4) is 0 Å². The Morgan fingerprint density at radius 2 is 2.00 bits per heavy atom. The lowest BCUT2D eigenvalue weighted by atomic mass is 10.1. The van der Waals surface area contributed by atoms with Crippen molar-refractivity contribution in [2.45, 2.75) is 42.7 Å². The lowest BCUT2D eigenvalue weighted by molar-refractivity contribution is -0.122. The molecule has 35 heavy (non-hydrogen) atoms. The van der Waals surface area contributed by atoms with Gasteiger partial charge in [0, 0.05) is 44.3 Å². The number of pyridine rings is 1. The zero-order chi connectivity index (χ0) is 25.0. The summed E-state index contributed by atoms with van der Waals surface area (Å²) in [6.45, 7) is 2.47. The van der Waals surface area contributed by atoms with E-state index >= 15 is 0 Å². The normalized spacial score (nSPS) is 20.7. The first-order valence-corrected chi connectivity index (χ1v) is 13.2. The minimum absolute atomic E-state index is 0.186. The number of fused-ring (bicyclic) bond motifs is 1. The molecule has 2 atom stereocenters. The molecule has 10 heteroatoms. The zero-order valence-electron chi connectivity index (χ0n) is 20.1. The van der Waals surface area contributed by atoms with Gasteiger partial charge in [-0.15, -0.1) is 0 Å². The largest absolute Gasteiger partial charge is 0.483 e. The molecule has 9 nitrogen and oxygen atoms in total. The molecule has 5 rings (SSSR count). The van der Waals surface area contributed by atoms with Crippen LogP contribution >= 0.6 is 0 Å². The molecule has 0 bridgehead atoms. The molecule has 0 saturated carbocycles. The molecule has 1 aromatic carbocycles. The predicted molar refractivity (Wildman–Crippen MR) is 134 cm³/mol. The van der Waals surface area contributed by atoms with E-state index in [1.807, 2.05) is 18.2 Å². The van der Waals surface area contributed by atoms with E-state index in [1.54, 1.807) is 37.7 Å². The van der Waals surface area contributed by atoms with E-state index in [2.05, 4.69) is 21.8 Å². The smallest absolute Gasteiger partial charge is 0.290 e. The van der Waals surface area contributed by atoms with Crippen molar-refractivity contribution in [3.05, 3.63) is 54.4 Å². The fraction of sp³-hybridized carbons (Fsp3) is 0.440. The van der Waals surface area contributed by atoms with E-state index in [-0.39, 0.29) is 12.6 Å². The van der Waals surface area contributed by atoms with Crippen LogP contribution in [0.25, 0.3) is 11.0 Å². The topological polar surface area (TPSA) is 105 Å². The average molecular weight is 501 g/mol. The van der Waals surface area contributed by atoms with Crippen molar-refractivity contribution in [1.82, 2.24) is 13.9 Å². The van der Waals surface area contributed by atoms with Gasteiger partial charge in [0.2, 0.25) is 0 Å². The maximum absolute atomic E-state index is 13.7. The number of hydrogen-bond acceptors (Lipinski definition) is 7. The van der Waals surface area contributed by atoms with Gasteiger partial charge >= 0.3 is 0 Å². The molecule has 2 saturated heterocycles. The lowest BCUT2D eigenvalue weighted by Crippen LogP contribution is -2.26. The van der Waals surface area contributed by atoms with E-state index in [0.717, 1.165) is 55.7 Å². The number of methoxy groups -OCH3 is 1. The number of hydrogen-bond donors (Lipinski definition) is 1. The fourth-order valence-electron chi connectivity index (χ4n) is 5.04. The van der Waals surface area contributed by atoms with E-state index < -0.39 is 10.0 Å². The monoisotopic (exact) mass is 500 g/mol. The molecule has 0 radical (unpaired) electrons. The van der Waals surface area contributed by atoms with Crippen LogP contribution in [0.15, 0.2) is 53.7 Å². The van der Waals surface area contributed by atoms with Crippen LogP contribution in [0.2, 0.25) is 0 Å². The third-order valence-electron chi connectivity index (χ3n) is 6.95. The summed E-state index contributed by atoms with van der Waals surface area (Å²) in [6, 6.07) is 11.3. The molecule has 188 valence electrons. The van der Waals surface area contributed by atoms with Crippen molar-refractivity contribution >= 4 is 33.2 Å². The van der Waals surface area contributed by atoms with Crippen LogP contribution in [0.5, 0.6) is 0 Å². The molecule has 2 aromatic heterocycles. The molecule has 0 spiro atoms. The molecular weight excluding hydrogens is 468 g/mol. The van der Waals surface area contributed by atoms with E-state index in [0.29, 0.717) is 16.5 Å². The second-order valence-corrected chi connectivity index (χ2v) is 10.8. The van der Waals surface area contributed by atoms with Crippen LogP contribution in [0.3, 0.4) is 0 Å². The minimum Gasteiger partial charge on any atom is -0.483 e. The highest BCUT2D eigenvalue weighted by Gasteiger charge is 2.27. The number of aromatic nitrogens is 2. The average Bonchev–Trinajstić information content (AvgIpc) is 3.59. The quantitative estimate of drug-likeness (QED) is 0.515. The number of likely N-dealkylation sites (tertiary alicyclic amines) is 1. The summed E-state index contributed by atoms with van der Waals surface area (Å²) in [6.07, 6.45) is 7.76. The van der Waals surface area contributed by atoms with E-state index in [1.165, 1.54) is 10.4 Å². The molecule has 4 heterocycles. The number of carboxylic acid groups (broad SMARTS) is 1. The minimum atomic E-state index is -3.76. The molecule has 0 unspecified atom stereocenters. The Hall–Kier alpha value is -2.95. The summed E-state index contributed by atoms with van der Waals surface area (Å²) in [7, 11) is 0.103. The van der Waals surface area contributed by atoms with Crippen molar-refractivity contribution in [1.29, 1.82) is 0 Å². The Kier molecular flexibility index (Phi) is 7.73. The second-order valence-electron chi connectivity index (χ2n) is 9.00. The number of likely N-dealkylation sites (N-methyl/N-ethyl adjacent to an activating group) is 1. The van der Waals surface area contributed by atoms with Gasteiger partial charge in [-0.25, -0.2) is 12.4 Å². The summed E-state index contributed by atoms with van der Waals surface area (Å²) in [5.41, 5.74) is 3.30. The number of carbonyl (C=O) groups is 1. The maximum Gasteiger partial charge on any atom is 0.290 e. The van der Waals surface area contributed by atoms with Gasteiger partial charge < -0.3 is 19.6 Å². The Labute approximate surface area is 206 Å². The van der Waals surface area contributed by atoms with Crippen LogP contribution in [0.4, 0.5) is 5.69 Å². The van der Waals surface area contributed by atoms with Crippen LogP contribution in [0, 0.1) is 0 Å². The van der Waals surface area contributed by atoms with Crippen molar-refractivity contribution in [3.63, 3.8) is 0 Å². The summed E-state index contributed by atoms with van der Waals surface area (Å²) < 4.78 is 34.3. The molecule has 3 aromatic rings. The Morgan fingerprint density at radius 1 is 1.20 bits per heavy atom. The SMILES string of the molecule is CO[C@@H]1CCN(c2cccc(S(=O)(=O)n3cc(C[C@H]4CCCN4C)c4ncccc43)c2)C1.O=CO. The number of nitrogens with zero attached hydrogens (tertiary/aromatic N) is 4. The zero-order valence-corrected chi connectivity index (χ0v) is 20.9. The number of ether oxygens (including phenoxy) is 1. The number of rotatable bonds is 6. The van der Waals surface area contributed by atoms with E-state index in [4.69, 9.17) is 14.6 Å². The highest BCUT2D eigenvalue weighted by molar-refractivity contribution is 7.90. The molecule has 0 aliphatic carbocycles. The first kappa shape index (κ1) is 25.2. The van der Waals surface area contributed by atoms with Gasteiger partial charge in [0.1, 0.15) is 0 Å². The van der Waals surface area contributed by atoms with Gasteiger partial charge in [-0.1, -0.05) is 6.07 Å². The summed E-state index contributed by atoms with van der Waals surface area (Å²) in [4.78, 5) is 17.7. The van der Waals surface area contributed by atoms with Crippen molar-refractivity contribution in [2.24, 2.45) is 0 Å².